The van der Waals surface area contributed by atoms with Crippen LogP contribution in [0.4, 0.5) is 14.9 Å². The number of benzene rings is 2. The summed E-state index contributed by atoms with van der Waals surface area (Å²) in [7, 11) is 0. The predicted molar refractivity (Wildman–Crippen MR) is 117 cm³/mol. The second-order valence-corrected chi connectivity index (χ2v) is 7.96. The minimum absolute atomic E-state index is 0.0234. The van der Waals surface area contributed by atoms with Crippen molar-refractivity contribution >= 4 is 17.6 Å². The maximum atomic E-state index is 13.0. The van der Waals surface area contributed by atoms with E-state index in [0.29, 0.717) is 49.0 Å². The number of rotatable bonds is 7. The minimum atomic E-state index is -0.509. The number of piperidine rings is 1. The third-order valence-corrected chi connectivity index (χ3v) is 5.73. The summed E-state index contributed by atoms with van der Waals surface area (Å²) in [6.07, 6.45) is 1.76. The van der Waals surface area contributed by atoms with Gasteiger partial charge >= 0.3 is 6.09 Å². The highest BCUT2D eigenvalue weighted by Crippen LogP contribution is 2.32. The maximum absolute atomic E-state index is 13.0. The van der Waals surface area contributed by atoms with Crippen LogP contribution in [-0.2, 0) is 4.74 Å². The molecular weight excluding hydrogens is 415 g/mol. The molecule has 0 radical (unpaired) electrons. The predicted octanol–water partition coefficient (Wildman–Crippen LogP) is 4.13. The van der Waals surface area contributed by atoms with Gasteiger partial charge in [0.25, 0.3) is 0 Å². The largest absolute Gasteiger partial charge is 0.486 e. The highest BCUT2D eigenvalue weighted by Gasteiger charge is 2.25. The van der Waals surface area contributed by atoms with Crippen LogP contribution in [0.3, 0.4) is 0 Å². The Bertz CT molecular complexity index is 942. The van der Waals surface area contributed by atoms with Gasteiger partial charge in [0, 0.05) is 29.8 Å². The quantitative estimate of drug-likeness (QED) is 0.513. The van der Waals surface area contributed by atoms with Crippen LogP contribution < -0.4 is 14.8 Å². The van der Waals surface area contributed by atoms with Gasteiger partial charge in [0.2, 0.25) is 0 Å². The number of halogens is 1. The molecule has 4 rings (SSSR count). The highest BCUT2D eigenvalue weighted by molar-refractivity contribution is 5.97. The van der Waals surface area contributed by atoms with E-state index in [0.717, 1.165) is 32.5 Å². The Morgan fingerprint density at radius 1 is 1.03 bits per heavy atom. The van der Waals surface area contributed by atoms with Crippen LogP contribution in [0.2, 0.25) is 0 Å². The smallest absolute Gasteiger partial charge is 0.411 e. The van der Waals surface area contributed by atoms with Crippen molar-refractivity contribution in [1.29, 1.82) is 0 Å². The van der Waals surface area contributed by atoms with Crippen molar-refractivity contribution < 1.29 is 28.2 Å². The van der Waals surface area contributed by atoms with E-state index in [1.165, 1.54) is 12.1 Å². The number of Topliss-reactive ketones (excluding diaryl/α,β-unsaturated/α-hetero) is 1. The van der Waals surface area contributed by atoms with Crippen LogP contribution in [0.1, 0.15) is 29.6 Å². The van der Waals surface area contributed by atoms with Crippen molar-refractivity contribution in [2.45, 2.75) is 19.3 Å². The Labute approximate surface area is 186 Å². The first-order valence-electron chi connectivity index (χ1n) is 10.9. The number of fused-ring (bicyclic) bond motifs is 1. The number of anilines is 1. The Morgan fingerprint density at radius 2 is 1.75 bits per heavy atom. The third kappa shape index (κ3) is 5.76. The van der Waals surface area contributed by atoms with Gasteiger partial charge in [-0.3, -0.25) is 10.1 Å². The summed E-state index contributed by atoms with van der Waals surface area (Å²) in [5, 5.41) is 2.70. The number of hydrogen-bond donors (Lipinski definition) is 1. The van der Waals surface area contributed by atoms with Crippen LogP contribution in [0.15, 0.2) is 42.5 Å². The van der Waals surface area contributed by atoms with E-state index in [9.17, 15) is 14.0 Å². The molecule has 0 spiro atoms. The van der Waals surface area contributed by atoms with Gasteiger partial charge in [-0.2, -0.15) is 0 Å². The number of carbonyl (C=O) groups excluding carboxylic acids is 2. The Morgan fingerprint density at radius 3 is 2.50 bits per heavy atom. The van der Waals surface area contributed by atoms with E-state index < -0.39 is 6.09 Å². The normalized spacial score (nSPS) is 16.4. The van der Waals surface area contributed by atoms with Gasteiger partial charge < -0.3 is 19.1 Å². The SMILES string of the molecule is O=C(Nc1ccc2c(c1)OCCO2)OCCCN1CCC(C(=O)c2ccc(F)cc2)CC1. The minimum Gasteiger partial charge on any atom is -0.486 e. The second-order valence-electron chi connectivity index (χ2n) is 7.96. The second kappa shape index (κ2) is 10.5. The third-order valence-electron chi connectivity index (χ3n) is 5.73. The number of ether oxygens (including phenoxy) is 3. The zero-order chi connectivity index (χ0) is 22.3. The van der Waals surface area contributed by atoms with Gasteiger partial charge in [0.15, 0.2) is 17.3 Å². The van der Waals surface area contributed by atoms with Crippen molar-refractivity contribution in [2.24, 2.45) is 5.92 Å². The molecule has 32 heavy (non-hydrogen) atoms. The maximum Gasteiger partial charge on any atom is 0.411 e. The number of ketones is 1. The first-order valence-corrected chi connectivity index (χ1v) is 10.9. The van der Waals surface area contributed by atoms with Crippen LogP contribution in [0, 0.1) is 11.7 Å². The number of carbonyl (C=O) groups is 2. The van der Waals surface area contributed by atoms with Crippen molar-refractivity contribution in [3.63, 3.8) is 0 Å². The average Bonchev–Trinajstić information content (AvgIpc) is 2.82. The summed E-state index contributed by atoms with van der Waals surface area (Å²) >= 11 is 0. The lowest BCUT2D eigenvalue weighted by Crippen LogP contribution is -2.37. The monoisotopic (exact) mass is 442 g/mol. The molecule has 170 valence electrons. The van der Waals surface area contributed by atoms with E-state index >= 15 is 0 Å². The molecule has 1 saturated heterocycles. The van der Waals surface area contributed by atoms with Gasteiger partial charge in [-0.25, -0.2) is 9.18 Å². The van der Waals surface area contributed by atoms with Crippen LogP contribution >= 0.6 is 0 Å². The molecule has 0 bridgehead atoms. The standard InChI is InChI=1S/C24H27FN2O5/c25-19-4-2-17(3-5-19)23(28)18-8-11-27(12-9-18)10-1-13-32-24(29)26-20-6-7-21-22(16-20)31-15-14-30-21/h2-7,16,18H,1,8-15H2,(H,26,29). The lowest BCUT2D eigenvalue weighted by molar-refractivity contribution is 0.0830. The molecule has 8 heteroatoms. The van der Waals surface area contributed by atoms with E-state index in [1.54, 1.807) is 30.3 Å². The molecule has 2 aromatic rings. The van der Waals surface area contributed by atoms with Gasteiger partial charge in [-0.05, 0) is 68.8 Å². The first kappa shape index (κ1) is 22.1. The lowest BCUT2D eigenvalue weighted by Gasteiger charge is -2.31. The molecule has 0 aliphatic carbocycles. The summed E-state index contributed by atoms with van der Waals surface area (Å²) in [5.41, 5.74) is 1.16. The molecular formula is C24H27FN2O5. The molecule has 0 saturated carbocycles. The zero-order valence-corrected chi connectivity index (χ0v) is 17.8. The molecule has 2 aliphatic heterocycles. The fraction of sp³-hybridized carbons (Fsp3) is 0.417. The van der Waals surface area contributed by atoms with Crippen LogP contribution in [0.5, 0.6) is 11.5 Å². The molecule has 1 amide bonds. The van der Waals surface area contributed by atoms with Gasteiger partial charge in [0.1, 0.15) is 19.0 Å². The topological polar surface area (TPSA) is 77.1 Å². The highest BCUT2D eigenvalue weighted by atomic mass is 19.1. The lowest BCUT2D eigenvalue weighted by atomic mass is 9.89. The zero-order valence-electron chi connectivity index (χ0n) is 17.8. The summed E-state index contributed by atoms with van der Waals surface area (Å²) in [6.45, 7) is 3.75. The van der Waals surface area contributed by atoms with Crippen molar-refractivity contribution in [3.05, 3.63) is 53.8 Å². The van der Waals surface area contributed by atoms with E-state index in [2.05, 4.69) is 10.2 Å². The molecule has 1 fully saturated rings. The van der Waals surface area contributed by atoms with Crippen molar-refractivity contribution in [3.8, 4) is 11.5 Å². The van der Waals surface area contributed by atoms with Gasteiger partial charge in [-0.15, -0.1) is 0 Å². The first-order chi connectivity index (χ1) is 15.6. The summed E-state index contributed by atoms with van der Waals surface area (Å²) in [4.78, 5) is 26.9. The fourth-order valence-electron chi connectivity index (χ4n) is 4.00. The van der Waals surface area contributed by atoms with Gasteiger partial charge in [-0.1, -0.05) is 0 Å². The summed E-state index contributed by atoms with van der Waals surface area (Å²) in [5.74, 6) is 1.00. The Kier molecular flexibility index (Phi) is 7.21. The van der Waals surface area contributed by atoms with E-state index in [4.69, 9.17) is 14.2 Å². The Balaban J connectivity index is 1.13. The summed E-state index contributed by atoms with van der Waals surface area (Å²) in [6, 6.07) is 11.0. The molecule has 2 heterocycles. The fourth-order valence-corrected chi connectivity index (χ4v) is 4.00. The number of hydrogen-bond acceptors (Lipinski definition) is 6. The molecule has 1 N–H and O–H groups in total. The van der Waals surface area contributed by atoms with E-state index in [1.807, 2.05) is 0 Å². The van der Waals surface area contributed by atoms with Crippen LogP contribution in [0.25, 0.3) is 0 Å². The molecule has 0 aromatic heterocycles. The number of nitrogens with one attached hydrogen (secondary N) is 1. The van der Waals surface area contributed by atoms with Crippen molar-refractivity contribution in [1.82, 2.24) is 4.90 Å². The van der Waals surface area contributed by atoms with Crippen LogP contribution in [-0.4, -0.2) is 56.2 Å². The molecule has 2 aromatic carbocycles. The van der Waals surface area contributed by atoms with Crippen molar-refractivity contribution in [2.75, 3.05) is 44.8 Å². The Hall–Kier alpha value is -3.13. The molecule has 0 atom stereocenters. The van der Waals surface area contributed by atoms with E-state index in [-0.39, 0.29) is 17.5 Å². The van der Waals surface area contributed by atoms with Gasteiger partial charge in [0.05, 0.1) is 6.61 Å². The average molecular weight is 442 g/mol. The molecule has 0 unspecified atom stereocenters. The number of likely N-dealkylation sites (tertiary alicyclic amines) is 1. The molecule has 2 aliphatic rings. The number of nitrogens with zero attached hydrogens (tertiary/aromatic N) is 1. The molecule has 7 nitrogen and oxygen atoms in total. The number of amides is 1. The summed E-state index contributed by atoms with van der Waals surface area (Å²) < 4.78 is 29.3.